The van der Waals surface area contributed by atoms with Crippen LogP contribution in [-0.4, -0.2) is 48.0 Å². The maximum atomic E-state index is 9.73. The van der Waals surface area contributed by atoms with E-state index in [4.69, 9.17) is 17.6 Å². The Morgan fingerprint density at radius 1 is 1.25 bits per heavy atom. The summed E-state index contributed by atoms with van der Waals surface area (Å²) < 4.78 is 5.47. The number of ether oxygens (including phenoxy) is 1. The highest BCUT2D eigenvalue weighted by molar-refractivity contribution is 4.95. The summed E-state index contributed by atoms with van der Waals surface area (Å²) in [5, 5.41) is 9.73. The maximum absolute atomic E-state index is 9.73. The molecule has 90 valence electrons. The van der Waals surface area contributed by atoms with Gasteiger partial charge >= 0.3 is 0 Å². The molecule has 0 spiro atoms. The molecule has 0 rings (SSSR count). The van der Waals surface area contributed by atoms with Gasteiger partial charge in [-0.1, -0.05) is 11.8 Å². The lowest BCUT2D eigenvalue weighted by Crippen LogP contribution is -2.37. The van der Waals surface area contributed by atoms with Gasteiger partial charge in [0.1, 0.15) is 0 Å². The zero-order chi connectivity index (χ0) is 12.6. The Morgan fingerprint density at radius 2 is 1.75 bits per heavy atom. The SMILES string of the molecule is C#CCN(CC#C)CC(O)COC(C)(C)C. The minimum absolute atomic E-state index is 0.246. The summed E-state index contributed by atoms with van der Waals surface area (Å²) in [6, 6.07) is 0. The maximum Gasteiger partial charge on any atom is 0.0901 e. The number of hydrogen-bond acceptors (Lipinski definition) is 3. The summed E-state index contributed by atoms with van der Waals surface area (Å²) in [6.07, 6.45) is 9.84. The lowest BCUT2D eigenvalue weighted by molar-refractivity contribution is -0.0546. The first kappa shape index (κ1) is 15.0. The summed E-state index contributed by atoms with van der Waals surface area (Å²) in [4.78, 5) is 1.83. The molecule has 0 aromatic rings. The smallest absolute Gasteiger partial charge is 0.0901 e. The Bertz CT molecular complexity index is 251. The van der Waals surface area contributed by atoms with Crippen LogP contribution in [0.3, 0.4) is 0 Å². The van der Waals surface area contributed by atoms with Gasteiger partial charge < -0.3 is 9.84 Å². The molecule has 0 radical (unpaired) electrons. The quantitative estimate of drug-likeness (QED) is 0.674. The van der Waals surface area contributed by atoms with Gasteiger partial charge in [0.25, 0.3) is 0 Å². The van der Waals surface area contributed by atoms with E-state index < -0.39 is 6.10 Å². The van der Waals surface area contributed by atoms with Crippen molar-refractivity contribution in [1.29, 1.82) is 0 Å². The van der Waals surface area contributed by atoms with Crippen molar-refractivity contribution in [1.82, 2.24) is 4.90 Å². The van der Waals surface area contributed by atoms with Crippen molar-refractivity contribution in [3.8, 4) is 24.7 Å². The molecule has 1 atom stereocenters. The second-order valence-corrected chi connectivity index (χ2v) is 4.66. The topological polar surface area (TPSA) is 32.7 Å². The number of aliphatic hydroxyl groups is 1. The van der Waals surface area contributed by atoms with E-state index in [1.54, 1.807) is 0 Å². The number of hydrogen-bond donors (Lipinski definition) is 1. The summed E-state index contributed by atoms with van der Waals surface area (Å²) in [5.41, 5.74) is -0.246. The second-order valence-electron chi connectivity index (χ2n) is 4.66. The molecular weight excluding hydrogens is 202 g/mol. The van der Waals surface area contributed by atoms with Crippen LogP contribution in [0.2, 0.25) is 0 Å². The number of rotatable bonds is 6. The van der Waals surface area contributed by atoms with Crippen molar-refractivity contribution in [2.45, 2.75) is 32.5 Å². The molecule has 0 fully saturated rings. The number of aliphatic hydroxyl groups excluding tert-OH is 1. The largest absolute Gasteiger partial charge is 0.389 e. The molecule has 0 aromatic heterocycles. The molecule has 1 unspecified atom stereocenters. The highest BCUT2D eigenvalue weighted by Gasteiger charge is 2.15. The molecule has 3 heteroatoms. The van der Waals surface area contributed by atoms with Crippen LogP contribution in [0.1, 0.15) is 20.8 Å². The first-order valence-corrected chi connectivity index (χ1v) is 5.30. The lowest BCUT2D eigenvalue weighted by Gasteiger charge is -2.25. The Labute approximate surface area is 98.8 Å². The van der Waals surface area contributed by atoms with Gasteiger partial charge in [-0.2, -0.15) is 0 Å². The molecule has 0 aliphatic carbocycles. The predicted molar refractivity (Wildman–Crippen MR) is 65.8 cm³/mol. The van der Waals surface area contributed by atoms with E-state index in [1.807, 2.05) is 25.7 Å². The van der Waals surface area contributed by atoms with E-state index in [0.717, 1.165) is 0 Å². The van der Waals surface area contributed by atoms with Crippen molar-refractivity contribution < 1.29 is 9.84 Å². The summed E-state index contributed by atoms with van der Waals surface area (Å²) >= 11 is 0. The molecule has 0 aliphatic heterocycles. The average Bonchev–Trinajstić information content (AvgIpc) is 2.14. The molecular formula is C13H21NO2. The van der Waals surface area contributed by atoms with Gasteiger partial charge in [-0.3, -0.25) is 4.90 Å². The van der Waals surface area contributed by atoms with Gasteiger partial charge in [0, 0.05) is 6.54 Å². The van der Waals surface area contributed by atoms with Crippen LogP contribution in [0.4, 0.5) is 0 Å². The Hall–Kier alpha value is -1.00. The zero-order valence-electron chi connectivity index (χ0n) is 10.4. The molecule has 0 saturated carbocycles. The fourth-order valence-corrected chi connectivity index (χ4v) is 1.14. The van der Waals surface area contributed by atoms with Gasteiger partial charge in [-0.05, 0) is 20.8 Å². The molecule has 16 heavy (non-hydrogen) atoms. The molecule has 3 nitrogen and oxygen atoms in total. The average molecular weight is 223 g/mol. The third kappa shape index (κ3) is 8.32. The van der Waals surface area contributed by atoms with Crippen molar-refractivity contribution in [2.75, 3.05) is 26.2 Å². The van der Waals surface area contributed by atoms with Crippen LogP contribution in [-0.2, 0) is 4.74 Å². The van der Waals surface area contributed by atoms with Crippen LogP contribution in [0, 0.1) is 24.7 Å². The Balaban J connectivity index is 3.96. The highest BCUT2D eigenvalue weighted by atomic mass is 16.5. The Kier molecular flexibility index (Phi) is 6.85. The van der Waals surface area contributed by atoms with E-state index in [2.05, 4.69) is 11.8 Å². The van der Waals surface area contributed by atoms with E-state index in [1.165, 1.54) is 0 Å². The second kappa shape index (κ2) is 7.30. The fourth-order valence-electron chi connectivity index (χ4n) is 1.14. The van der Waals surface area contributed by atoms with Crippen LogP contribution in [0.25, 0.3) is 0 Å². The van der Waals surface area contributed by atoms with Crippen LogP contribution < -0.4 is 0 Å². The lowest BCUT2D eigenvalue weighted by atomic mass is 10.2. The van der Waals surface area contributed by atoms with Crippen molar-refractivity contribution >= 4 is 0 Å². The molecule has 1 N–H and O–H groups in total. The molecule has 0 aromatic carbocycles. The van der Waals surface area contributed by atoms with Gasteiger partial charge in [0.05, 0.1) is 31.4 Å². The highest BCUT2D eigenvalue weighted by Crippen LogP contribution is 2.07. The van der Waals surface area contributed by atoms with Gasteiger partial charge in [-0.25, -0.2) is 0 Å². The predicted octanol–water partition coefficient (Wildman–Crippen LogP) is 0.731. The molecule has 0 saturated heterocycles. The van der Waals surface area contributed by atoms with Crippen LogP contribution in [0.15, 0.2) is 0 Å². The minimum Gasteiger partial charge on any atom is -0.389 e. The molecule has 0 aliphatic rings. The number of terminal acetylenes is 2. The van der Waals surface area contributed by atoms with Gasteiger partial charge in [0.15, 0.2) is 0 Å². The van der Waals surface area contributed by atoms with E-state index in [9.17, 15) is 5.11 Å². The van der Waals surface area contributed by atoms with Gasteiger partial charge in [-0.15, -0.1) is 12.8 Å². The monoisotopic (exact) mass is 223 g/mol. The van der Waals surface area contributed by atoms with Crippen molar-refractivity contribution in [3.63, 3.8) is 0 Å². The van der Waals surface area contributed by atoms with E-state index in [0.29, 0.717) is 19.6 Å². The van der Waals surface area contributed by atoms with Crippen molar-refractivity contribution in [3.05, 3.63) is 0 Å². The Morgan fingerprint density at radius 3 is 2.12 bits per heavy atom. The summed E-state index contributed by atoms with van der Waals surface area (Å²) in [7, 11) is 0. The third-order valence-electron chi connectivity index (χ3n) is 1.81. The zero-order valence-corrected chi connectivity index (χ0v) is 10.4. The molecule has 0 bridgehead atoms. The standard InChI is InChI=1S/C13H21NO2/c1-6-8-14(9-7-2)10-12(15)11-16-13(3,4)5/h1-2,12,15H,8-11H2,3-5H3. The minimum atomic E-state index is -0.569. The fraction of sp³-hybridized carbons (Fsp3) is 0.692. The summed E-state index contributed by atoms with van der Waals surface area (Å²) in [6.45, 7) is 7.44. The summed E-state index contributed by atoms with van der Waals surface area (Å²) in [5.74, 6) is 5.02. The first-order chi connectivity index (χ1) is 7.39. The molecule has 0 heterocycles. The van der Waals surface area contributed by atoms with Crippen molar-refractivity contribution in [2.24, 2.45) is 0 Å². The van der Waals surface area contributed by atoms with Crippen LogP contribution >= 0.6 is 0 Å². The van der Waals surface area contributed by atoms with Gasteiger partial charge in [0.2, 0.25) is 0 Å². The van der Waals surface area contributed by atoms with Crippen LogP contribution in [0.5, 0.6) is 0 Å². The first-order valence-electron chi connectivity index (χ1n) is 5.30. The molecule has 0 amide bonds. The number of nitrogens with zero attached hydrogens (tertiary/aromatic N) is 1. The third-order valence-corrected chi connectivity index (χ3v) is 1.81. The van der Waals surface area contributed by atoms with E-state index >= 15 is 0 Å². The van der Waals surface area contributed by atoms with E-state index in [-0.39, 0.29) is 12.2 Å². The normalized spacial score (nSPS) is 13.2.